The summed E-state index contributed by atoms with van der Waals surface area (Å²) in [5.74, 6) is 0.626. The van der Waals surface area contributed by atoms with E-state index < -0.39 is 0 Å². The van der Waals surface area contributed by atoms with Crippen LogP contribution in [0.5, 0.6) is 5.75 Å². The highest BCUT2D eigenvalue weighted by atomic mass is 16.5. The molecule has 1 saturated carbocycles. The summed E-state index contributed by atoms with van der Waals surface area (Å²) in [6.45, 7) is 0.895. The largest absolute Gasteiger partial charge is 0.489 e. The number of anilines is 1. The molecule has 0 bridgehead atoms. The van der Waals surface area contributed by atoms with E-state index in [1.54, 1.807) is 7.11 Å². The average Bonchev–Trinajstić information content (AvgIpc) is 3.43. The number of fused-ring (bicyclic) bond motifs is 2. The highest BCUT2D eigenvalue weighted by Crippen LogP contribution is 2.35. The molecular weight excluding hydrogens is 420 g/mol. The molecule has 5 rings (SSSR count). The van der Waals surface area contributed by atoms with E-state index in [0.717, 1.165) is 47.8 Å². The van der Waals surface area contributed by atoms with Crippen LogP contribution in [0, 0.1) is 5.92 Å². The Hall–Kier alpha value is -3.52. The maximum absolute atomic E-state index is 12.9. The van der Waals surface area contributed by atoms with E-state index in [2.05, 4.69) is 15.3 Å². The van der Waals surface area contributed by atoms with Crippen LogP contribution in [-0.4, -0.2) is 40.8 Å². The number of nitrogens with one attached hydrogen (secondary N) is 3. The number of carbonyl (C=O) groups is 1. The van der Waals surface area contributed by atoms with E-state index in [-0.39, 0.29) is 23.6 Å². The van der Waals surface area contributed by atoms with E-state index in [4.69, 9.17) is 9.47 Å². The second kappa shape index (κ2) is 9.15. The van der Waals surface area contributed by atoms with E-state index in [9.17, 15) is 9.59 Å². The Labute approximate surface area is 190 Å². The third-order valence-corrected chi connectivity index (χ3v) is 6.51. The molecule has 0 aliphatic heterocycles. The van der Waals surface area contributed by atoms with Crippen LogP contribution in [0.1, 0.15) is 31.7 Å². The third kappa shape index (κ3) is 4.26. The predicted octanol–water partition coefficient (Wildman–Crippen LogP) is 4.21. The summed E-state index contributed by atoms with van der Waals surface area (Å²) in [7, 11) is 1.62. The lowest BCUT2D eigenvalue weighted by molar-refractivity contribution is -0.121. The predicted molar refractivity (Wildman–Crippen MR) is 128 cm³/mol. The number of carbonyl (C=O) groups excluding carboxylic acids is 1. The molecule has 3 N–H and O–H groups in total. The Bertz CT molecular complexity index is 1330. The second-order valence-electron chi connectivity index (χ2n) is 8.57. The van der Waals surface area contributed by atoms with Gasteiger partial charge in [0.2, 0.25) is 5.91 Å². The minimum absolute atomic E-state index is 0.0412. The van der Waals surface area contributed by atoms with Crippen molar-refractivity contribution in [1.29, 1.82) is 0 Å². The molecule has 2 heterocycles. The average molecular weight is 449 g/mol. The fourth-order valence-electron chi connectivity index (χ4n) is 4.81. The zero-order valence-corrected chi connectivity index (χ0v) is 18.6. The summed E-state index contributed by atoms with van der Waals surface area (Å²) in [4.78, 5) is 31.8. The first-order valence-electron chi connectivity index (χ1n) is 11.4. The van der Waals surface area contributed by atoms with Gasteiger partial charge in [-0.3, -0.25) is 9.36 Å². The maximum atomic E-state index is 12.9. The van der Waals surface area contributed by atoms with Crippen molar-refractivity contribution in [3.05, 3.63) is 59.1 Å². The number of nitrogens with zero attached hydrogens (tertiary/aromatic N) is 1. The lowest BCUT2D eigenvalue weighted by atomic mass is 9.85. The van der Waals surface area contributed by atoms with Crippen molar-refractivity contribution < 1.29 is 14.3 Å². The third-order valence-electron chi connectivity index (χ3n) is 6.51. The molecule has 1 amide bonds. The first-order chi connectivity index (χ1) is 16.1. The van der Waals surface area contributed by atoms with Gasteiger partial charge in [-0.15, -0.1) is 0 Å². The van der Waals surface area contributed by atoms with Gasteiger partial charge in [0.15, 0.2) is 0 Å². The Morgan fingerprint density at radius 1 is 1.12 bits per heavy atom. The summed E-state index contributed by atoms with van der Waals surface area (Å²) in [5.41, 5.74) is 3.20. The highest BCUT2D eigenvalue weighted by molar-refractivity contribution is 5.95. The van der Waals surface area contributed by atoms with Crippen LogP contribution in [0.3, 0.4) is 0 Å². The summed E-state index contributed by atoms with van der Waals surface area (Å²) < 4.78 is 12.6. The number of methoxy groups -OCH3 is 1. The molecule has 33 heavy (non-hydrogen) atoms. The van der Waals surface area contributed by atoms with Crippen molar-refractivity contribution in [3.8, 4) is 5.75 Å². The van der Waals surface area contributed by atoms with Gasteiger partial charge in [-0.25, -0.2) is 4.79 Å². The van der Waals surface area contributed by atoms with Crippen molar-refractivity contribution in [1.82, 2.24) is 14.5 Å². The van der Waals surface area contributed by atoms with Gasteiger partial charge in [0.05, 0.1) is 12.1 Å². The molecule has 0 atom stereocenters. The fraction of sp³-hybridized carbons (Fsp3) is 0.360. The molecule has 1 fully saturated rings. The topological polar surface area (TPSA) is 101 Å². The normalized spacial score (nSPS) is 18.6. The molecule has 4 aromatic rings. The van der Waals surface area contributed by atoms with Crippen molar-refractivity contribution in [2.45, 2.75) is 31.7 Å². The van der Waals surface area contributed by atoms with Gasteiger partial charge >= 0.3 is 5.69 Å². The van der Waals surface area contributed by atoms with Gasteiger partial charge in [0.1, 0.15) is 17.9 Å². The van der Waals surface area contributed by atoms with E-state index >= 15 is 0 Å². The maximum Gasteiger partial charge on any atom is 0.326 e. The molecule has 0 spiro atoms. The number of H-pyrrole nitrogens is 2. The molecule has 0 radical (unpaired) electrons. The summed E-state index contributed by atoms with van der Waals surface area (Å²) in [6, 6.07) is 13.6. The fourth-order valence-corrected chi connectivity index (χ4v) is 4.81. The van der Waals surface area contributed by atoms with Gasteiger partial charge in [0, 0.05) is 36.5 Å². The number of hydrogen-bond donors (Lipinski definition) is 3. The number of imidazole rings is 1. The molecule has 2 aromatic heterocycles. The molecular formula is C25H28N4O4. The number of hydrogen-bond acceptors (Lipinski definition) is 4. The van der Waals surface area contributed by atoms with Crippen molar-refractivity contribution >= 4 is 33.5 Å². The molecule has 1 aliphatic rings. The second-order valence-corrected chi connectivity index (χ2v) is 8.57. The van der Waals surface area contributed by atoms with Crippen LogP contribution < -0.4 is 15.7 Å². The van der Waals surface area contributed by atoms with Crippen LogP contribution in [0.15, 0.2) is 53.5 Å². The number of rotatable bonds is 7. The first kappa shape index (κ1) is 21.3. The molecule has 8 nitrogen and oxygen atoms in total. The van der Waals surface area contributed by atoms with E-state index in [1.807, 2.05) is 53.2 Å². The number of aromatic nitrogens is 3. The monoisotopic (exact) mass is 448 g/mol. The Balaban J connectivity index is 1.26. The van der Waals surface area contributed by atoms with Crippen molar-refractivity contribution in [2.24, 2.45) is 5.92 Å². The number of benzene rings is 2. The number of ether oxygens (including phenoxy) is 2. The molecule has 172 valence electrons. The lowest BCUT2D eigenvalue weighted by Crippen LogP contribution is -2.31. The minimum Gasteiger partial charge on any atom is -0.489 e. The first-order valence-corrected chi connectivity index (χ1v) is 11.4. The molecule has 0 unspecified atom stereocenters. The van der Waals surface area contributed by atoms with Gasteiger partial charge in [0.25, 0.3) is 0 Å². The van der Waals surface area contributed by atoms with Crippen LogP contribution in [-0.2, 0) is 9.53 Å². The number of aromatic amines is 2. The van der Waals surface area contributed by atoms with E-state index in [1.165, 1.54) is 0 Å². The Morgan fingerprint density at radius 2 is 1.97 bits per heavy atom. The standard InChI is InChI=1S/C25H28N4O4/c1-32-13-14-33-22-4-2-3-21-23(22)28-25(31)29(21)19-9-6-17(7-10-19)24(30)27-18-8-5-16-11-12-26-20(16)15-18/h2-5,8,11-12,15,17,19,26H,6-7,9-10,13-14H2,1H3,(H,27,30)(H,28,31)/t17-,19+. The van der Waals surface area contributed by atoms with Crippen LogP contribution in [0.4, 0.5) is 5.69 Å². The zero-order chi connectivity index (χ0) is 22.8. The smallest absolute Gasteiger partial charge is 0.326 e. The summed E-state index contributed by atoms with van der Waals surface area (Å²) in [6.07, 6.45) is 4.92. The summed E-state index contributed by atoms with van der Waals surface area (Å²) >= 11 is 0. The van der Waals surface area contributed by atoms with Gasteiger partial charge < -0.3 is 24.8 Å². The Kier molecular flexibility index (Phi) is 5.92. The molecule has 0 saturated heterocycles. The van der Waals surface area contributed by atoms with Crippen LogP contribution >= 0.6 is 0 Å². The van der Waals surface area contributed by atoms with Crippen molar-refractivity contribution in [3.63, 3.8) is 0 Å². The summed E-state index contributed by atoms with van der Waals surface area (Å²) in [5, 5.41) is 4.17. The van der Waals surface area contributed by atoms with Crippen molar-refractivity contribution in [2.75, 3.05) is 25.6 Å². The SMILES string of the molecule is COCCOc1cccc2c1[nH]c(=O)n2[C@H]1CC[C@@H](C(=O)Nc2ccc3cc[nH]c3c2)CC1. The quantitative estimate of drug-likeness (QED) is 0.369. The van der Waals surface area contributed by atoms with Crippen LogP contribution in [0.2, 0.25) is 0 Å². The van der Waals surface area contributed by atoms with Gasteiger partial charge in [-0.2, -0.15) is 0 Å². The number of amides is 1. The van der Waals surface area contributed by atoms with E-state index in [0.29, 0.717) is 24.5 Å². The molecule has 8 heteroatoms. The zero-order valence-electron chi connectivity index (χ0n) is 18.6. The highest BCUT2D eigenvalue weighted by Gasteiger charge is 2.29. The van der Waals surface area contributed by atoms with Gasteiger partial charge in [-0.05, 0) is 61.4 Å². The van der Waals surface area contributed by atoms with Crippen LogP contribution in [0.25, 0.3) is 21.9 Å². The number of para-hydroxylation sites is 1. The lowest BCUT2D eigenvalue weighted by Gasteiger charge is -2.28. The van der Waals surface area contributed by atoms with Gasteiger partial charge in [-0.1, -0.05) is 12.1 Å². The molecule has 2 aromatic carbocycles. The molecule has 1 aliphatic carbocycles. The Morgan fingerprint density at radius 3 is 2.79 bits per heavy atom. The minimum atomic E-state index is -0.139.